The molecular weight excluding hydrogens is 340 g/mol. The van der Waals surface area contributed by atoms with E-state index in [0.717, 1.165) is 31.4 Å². The van der Waals surface area contributed by atoms with Gasteiger partial charge in [-0.2, -0.15) is 0 Å². The van der Waals surface area contributed by atoms with Crippen molar-refractivity contribution in [2.24, 2.45) is 5.92 Å². The molecule has 0 atom stereocenters. The van der Waals surface area contributed by atoms with E-state index in [2.05, 4.69) is 0 Å². The van der Waals surface area contributed by atoms with Crippen LogP contribution in [0.15, 0.2) is 17.0 Å². The van der Waals surface area contributed by atoms with Gasteiger partial charge < -0.3 is 4.90 Å². The summed E-state index contributed by atoms with van der Waals surface area (Å²) in [5, 5.41) is -0.347. The van der Waals surface area contributed by atoms with Crippen molar-refractivity contribution in [2.75, 3.05) is 13.6 Å². The second-order valence-electron chi connectivity index (χ2n) is 5.18. The van der Waals surface area contributed by atoms with Crippen LogP contribution in [0.2, 0.25) is 5.02 Å². The number of carbonyl (C=O) groups is 1. The first-order valence-corrected chi connectivity index (χ1v) is 9.08. The molecule has 1 saturated carbocycles. The van der Waals surface area contributed by atoms with Crippen LogP contribution in [-0.4, -0.2) is 32.8 Å². The molecule has 0 aliphatic heterocycles. The zero-order valence-electron chi connectivity index (χ0n) is 11.3. The second-order valence-corrected chi connectivity index (χ2v) is 8.12. The Hall–Kier alpha value is -0.850. The minimum Gasteiger partial charge on any atom is -0.341 e. The molecule has 0 unspecified atom stereocenters. The second kappa shape index (κ2) is 6.10. The zero-order valence-corrected chi connectivity index (χ0v) is 13.6. The third-order valence-electron chi connectivity index (χ3n) is 3.62. The fraction of sp³-hybridized carbons (Fsp3) is 0.462. The molecule has 0 aromatic heterocycles. The predicted molar refractivity (Wildman–Crippen MR) is 78.8 cm³/mol. The van der Waals surface area contributed by atoms with Gasteiger partial charge in [0.2, 0.25) is 0 Å². The van der Waals surface area contributed by atoms with Crippen LogP contribution in [0.5, 0.6) is 0 Å². The summed E-state index contributed by atoms with van der Waals surface area (Å²) < 4.78 is 36.6. The summed E-state index contributed by atoms with van der Waals surface area (Å²) in [6.07, 6.45) is 3.22. The van der Waals surface area contributed by atoms with Gasteiger partial charge in [0.1, 0.15) is 10.7 Å². The highest BCUT2D eigenvalue weighted by Gasteiger charge is 2.26. The number of rotatable bonds is 4. The Bertz CT molecular complexity index is 674. The molecule has 1 aliphatic rings. The smallest absolute Gasteiger partial charge is 0.262 e. The van der Waals surface area contributed by atoms with Crippen LogP contribution in [0, 0.1) is 11.7 Å². The van der Waals surface area contributed by atoms with E-state index in [-0.39, 0.29) is 10.6 Å². The van der Waals surface area contributed by atoms with Gasteiger partial charge in [-0.1, -0.05) is 18.0 Å². The van der Waals surface area contributed by atoms with Crippen molar-refractivity contribution in [3.63, 3.8) is 0 Å². The molecular formula is C13H14Cl2FNO3S. The highest BCUT2D eigenvalue weighted by Crippen LogP contribution is 2.30. The summed E-state index contributed by atoms with van der Waals surface area (Å²) in [5.74, 6) is -1.03. The molecule has 2 rings (SSSR count). The quantitative estimate of drug-likeness (QED) is 0.780. The zero-order chi connectivity index (χ0) is 15.8. The van der Waals surface area contributed by atoms with Gasteiger partial charge in [0.15, 0.2) is 0 Å². The molecule has 0 radical (unpaired) electrons. The Morgan fingerprint density at radius 2 is 2.05 bits per heavy atom. The Labute approximate surface area is 132 Å². The van der Waals surface area contributed by atoms with Gasteiger partial charge in [-0.15, -0.1) is 0 Å². The van der Waals surface area contributed by atoms with Crippen molar-refractivity contribution in [1.82, 2.24) is 4.90 Å². The Morgan fingerprint density at radius 3 is 2.52 bits per heavy atom. The molecule has 116 valence electrons. The SMILES string of the molecule is CN(CC1CCC1)C(=O)c1cc(S(=O)(=O)Cl)c(Cl)cc1F. The topological polar surface area (TPSA) is 54.5 Å². The number of halogens is 3. The summed E-state index contributed by atoms with van der Waals surface area (Å²) in [6.45, 7) is 0.518. The van der Waals surface area contributed by atoms with E-state index in [1.54, 1.807) is 7.05 Å². The largest absolute Gasteiger partial charge is 0.341 e. The number of benzene rings is 1. The van der Waals surface area contributed by atoms with Crippen molar-refractivity contribution in [2.45, 2.75) is 24.2 Å². The van der Waals surface area contributed by atoms with Gasteiger partial charge in [0, 0.05) is 24.3 Å². The van der Waals surface area contributed by atoms with Gasteiger partial charge in [0.05, 0.1) is 10.6 Å². The fourth-order valence-corrected chi connectivity index (χ4v) is 3.74. The molecule has 0 N–H and O–H groups in total. The summed E-state index contributed by atoms with van der Waals surface area (Å²) >= 11 is 5.66. The van der Waals surface area contributed by atoms with Crippen molar-refractivity contribution >= 4 is 37.2 Å². The first-order valence-electron chi connectivity index (χ1n) is 6.39. The fourth-order valence-electron chi connectivity index (χ4n) is 2.23. The maximum atomic E-state index is 13.9. The van der Waals surface area contributed by atoms with Crippen LogP contribution in [-0.2, 0) is 9.05 Å². The monoisotopic (exact) mass is 353 g/mol. The predicted octanol–water partition coefficient (Wildman–Crippen LogP) is 3.28. The van der Waals surface area contributed by atoms with Gasteiger partial charge in [-0.05, 0) is 30.9 Å². The number of amides is 1. The molecule has 1 aliphatic carbocycles. The van der Waals surface area contributed by atoms with E-state index in [0.29, 0.717) is 12.5 Å². The van der Waals surface area contributed by atoms with E-state index < -0.39 is 25.7 Å². The Balaban J connectivity index is 2.31. The minimum absolute atomic E-state index is 0.347. The summed E-state index contributed by atoms with van der Waals surface area (Å²) in [7, 11) is 2.64. The molecule has 8 heteroatoms. The van der Waals surface area contributed by atoms with Crippen LogP contribution in [0.25, 0.3) is 0 Å². The van der Waals surface area contributed by atoms with E-state index in [1.807, 2.05) is 0 Å². The molecule has 0 spiro atoms. The van der Waals surface area contributed by atoms with Crippen LogP contribution < -0.4 is 0 Å². The molecule has 4 nitrogen and oxygen atoms in total. The van der Waals surface area contributed by atoms with Crippen LogP contribution >= 0.6 is 22.3 Å². The molecule has 1 aromatic rings. The summed E-state index contributed by atoms with van der Waals surface area (Å²) in [6, 6.07) is 1.68. The van der Waals surface area contributed by atoms with Crippen LogP contribution in [0.4, 0.5) is 4.39 Å². The minimum atomic E-state index is -4.15. The third kappa shape index (κ3) is 3.67. The van der Waals surface area contributed by atoms with Gasteiger partial charge in [-0.25, -0.2) is 12.8 Å². The molecule has 0 saturated heterocycles. The lowest BCUT2D eigenvalue weighted by Gasteiger charge is -2.30. The van der Waals surface area contributed by atoms with Crippen molar-refractivity contribution in [3.05, 3.63) is 28.5 Å². The molecule has 0 heterocycles. The molecule has 0 bridgehead atoms. The normalized spacial score (nSPS) is 15.6. The average Bonchev–Trinajstić information content (AvgIpc) is 2.31. The van der Waals surface area contributed by atoms with E-state index >= 15 is 0 Å². The summed E-state index contributed by atoms with van der Waals surface area (Å²) in [5.41, 5.74) is -0.347. The highest BCUT2D eigenvalue weighted by atomic mass is 35.7. The lowest BCUT2D eigenvalue weighted by Crippen LogP contribution is -2.34. The molecule has 1 amide bonds. The summed E-state index contributed by atoms with van der Waals surface area (Å²) in [4.78, 5) is 13.2. The number of carbonyl (C=O) groups excluding carboxylic acids is 1. The molecule has 21 heavy (non-hydrogen) atoms. The van der Waals surface area contributed by atoms with Crippen molar-refractivity contribution < 1.29 is 17.6 Å². The number of hydrogen-bond donors (Lipinski definition) is 0. The standard InChI is InChI=1S/C13H14Cl2FNO3S/c1-17(7-8-3-2-4-8)13(18)9-5-12(21(15,19)20)10(14)6-11(9)16/h5-6,8H,2-4,7H2,1H3. The first-order chi connectivity index (χ1) is 9.70. The maximum absolute atomic E-state index is 13.9. The average molecular weight is 354 g/mol. The van der Waals surface area contributed by atoms with E-state index in [1.165, 1.54) is 4.90 Å². The van der Waals surface area contributed by atoms with Crippen LogP contribution in [0.1, 0.15) is 29.6 Å². The van der Waals surface area contributed by atoms with Crippen LogP contribution in [0.3, 0.4) is 0 Å². The lowest BCUT2D eigenvalue weighted by atomic mass is 9.85. The van der Waals surface area contributed by atoms with E-state index in [4.69, 9.17) is 22.3 Å². The third-order valence-corrected chi connectivity index (χ3v) is 5.40. The van der Waals surface area contributed by atoms with Gasteiger partial charge in [0.25, 0.3) is 15.0 Å². The molecule has 1 fully saturated rings. The Morgan fingerprint density at radius 1 is 1.43 bits per heavy atom. The number of nitrogens with zero attached hydrogens (tertiary/aromatic N) is 1. The highest BCUT2D eigenvalue weighted by molar-refractivity contribution is 8.13. The van der Waals surface area contributed by atoms with Crippen molar-refractivity contribution in [3.8, 4) is 0 Å². The maximum Gasteiger partial charge on any atom is 0.262 e. The molecule has 1 aromatic carbocycles. The number of hydrogen-bond acceptors (Lipinski definition) is 3. The van der Waals surface area contributed by atoms with Gasteiger partial charge in [-0.3, -0.25) is 4.79 Å². The lowest BCUT2D eigenvalue weighted by molar-refractivity contribution is 0.0740. The van der Waals surface area contributed by atoms with Crippen molar-refractivity contribution in [1.29, 1.82) is 0 Å². The first kappa shape index (κ1) is 16.5. The van der Waals surface area contributed by atoms with Gasteiger partial charge >= 0.3 is 0 Å². The Kier molecular flexibility index (Phi) is 4.80. The van der Waals surface area contributed by atoms with E-state index in [9.17, 15) is 17.6 Å².